The van der Waals surface area contributed by atoms with Crippen molar-refractivity contribution in [2.45, 2.75) is 4.90 Å². The van der Waals surface area contributed by atoms with Crippen molar-refractivity contribution in [2.24, 2.45) is 5.14 Å². The number of pyridine rings is 1. The number of halogens is 1. The summed E-state index contributed by atoms with van der Waals surface area (Å²) in [5.41, 5.74) is -0.750. The number of nitro groups is 1. The Balaban J connectivity index is 2.57. The summed E-state index contributed by atoms with van der Waals surface area (Å²) in [6, 6.07) is 4.92. The van der Waals surface area contributed by atoms with Crippen molar-refractivity contribution in [3.05, 3.63) is 51.8 Å². The van der Waals surface area contributed by atoms with E-state index in [1.54, 1.807) is 0 Å². The number of nitrogens with two attached hydrogens (primary N) is 1. The summed E-state index contributed by atoms with van der Waals surface area (Å²) in [5, 5.41) is 16.3. The standard InChI is InChI=1S/C11H8ClN3O5S/c12-7-4-8(6-14-5-7)20-9-2-1-3-10(21(13,18)19)11(9)15(16)17/h1-6H,(H2,13,18,19). The molecular formula is C11H8ClN3O5S. The molecule has 0 aliphatic rings. The number of ether oxygens (including phenoxy) is 1. The molecule has 0 fully saturated rings. The van der Waals surface area contributed by atoms with Crippen molar-refractivity contribution < 1.29 is 18.1 Å². The summed E-state index contributed by atoms with van der Waals surface area (Å²) in [4.78, 5) is 13.3. The summed E-state index contributed by atoms with van der Waals surface area (Å²) < 4.78 is 28.1. The fourth-order valence-corrected chi connectivity index (χ4v) is 2.45. The minimum absolute atomic E-state index is 0.122. The van der Waals surface area contributed by atoms with Crippen LogP contribution in [0, 0.1) is 10.1 Å². The molecule has 0 spiro atoms. The average molecular weight is 330 g/mol. The van der Waals surface area contributed by atoms with E-state index < -0.39 is 25.5 Å². The molecule has 0 unspecified atom stereocenters. The van der Waals surface area contributed by atoms with Crippen LogP contribution in [0.15, 0.2) is 41.6 Å². The number of rotatable bonds is 4. The molecule has 0 aliphatic heterocycles. The zero-order chi connectivity index (χ0) is 15.6. The number of sulfonamides is 1. The second-order valence-electron chi connectivity index (χ2n) is 3.85. The first-order chi connectivity index (χ1) is 9.79. The van der Waals surface area contributed by atoms with Crippen LogP contribution in [-0.4, -0.2) is 18.3 Å². The van der Waals surface area contributed by atoms with Crippen LogP contribution in [-0.2, 0) is 10.0 Å². The van der Waals surface area contributed by atoms with Gasteiger partial charge < -0.3 is 4.74 Å². The molecule has 0 bridgehead atoms. The molecule has 8 nitrogen and oxygen atoms in total. The lowest BCUT2D eigenvalue weighted by Gasteiger charge is -2.08. The first-order valence-electron chi connectivity index (χ1n) is 5.37. The monoisotopic (exact) mass is 329 g/mol. The minimum atomic E-state index is -4.26. The van der Waals surface area contributed by atoms with Crippen LogP contribution in [0.3, 0.4) is 0 Å². The maximum Gasteiger partial charge on any atom is 0.331 e. The molecule has 2 aromatic rings. The van der Waals surface area contributed by atoms with Crippen LogP contribution in [0.25, 0.3) is 0 Å². The Morgan fingerprint density at radius 2 is 2.05 bits per heavy atom. The van der Waals surface area contributed by atoms with Crippen molar-refractivity contribution in [1.29, 1.82) is 0 Å². The Morgan fingerprint density at radius 1 is 1.33 bits per heavy atom. The molecule has 2 rings (SSSR count). The van der Waals surface area contributed by atoms with E-state index in [2.05, 4.69) is 4.98 Å². The normalized spacial score (nSPS) is 11.1. The van der Waals surface area contributed by atoms with Crippen LogP contribution < -0.4 is 9.88 Å². The number of benzene rings is 1. The van der Waals surface area contributed by atoms with Gasteiger partial charge in [-0.05, 0) is 12.1 Å². The second kappa shape index (κ2) is 5.64. The van der Waals surface area contributed by atoms with E-state index in [0.29, 0.717) is 0 Å². The molecule has 0 aliphatic carbocycles. The Bertz CT molecular complexity index is 809. The van der Waals surface area contributed by atoms with Crippen molar-refractivity contribution in [3.63, 3.8) is 0 Å². The van der Waals surface area contributed by atoms with Gasteiger partial charge in [0.2, 0.25) is 15.8 Å². The Morgan fingerprint density at radius 3 is 2.62 bits per heavy atom. The van der Waals surface area contributed by atoms with Crippen LogP contribution in [0.4, 0.5) is 5.69 Å². The molecule has 0 atom stereocenters. The summed E-state index contributed by atoms with van der Waals surface area (Å²) in [6.07, 6.45) is 2.63. The van der Waals surface area contributed by atoms with Gasteiger partial charge in [-0.25, -0.2) is 13.6 Å². The minimum Gasteiger partial charge on any atom is -0.448 e. The fraction of sp³-hybridized carbons (Fsp3) is 0. The Labute approximate surface area is 124 Å². The molecule has 10 heteroatoms. The molecular weight excluding hydrogens is 322 g/mol. The third kappa shape index (κ3) is 3.45. The third-order valence-electron chi connectivity index (χ3n) is 2.36. The highest BCUT2D eigenvalue weighted by molar-refractivity contribution is 7.89. The topological polar surface area (TPSA) is 125 Å². The van der Waals surface area contributed by atoms with Crippen molar-refractivity contribution in [3.8, 4) is 11.5 Å². The lowest BCUT2D eigenvalue weighted by Crippen LogP contribution is -2.14. The van der Waals surface area contributed by atoms with Crippen molar-refractivity contribution in [1.82, 2.24) is 4.98 Å². The highest BCUT2D eigenvalue weighted by Gasteiger charge is 2.28. The number of nitrogens with zero attached hydrogens (tertiary/aromatic N) is 2. The second-order valence-corrected chi connectivity index (χ2v) is 5.81. The van der Waals surface area contributed by atoms with E-state index in [0.717, 1.165) is 6.07 Å². The average Bonchev–Trinajstić information content (AvgIpc) is 2.37. The first-order valence-corrected chi connectivity index (χ1v) is 7.30. The molecule has 1 aromatic heterocycles. The number of primary sulfonamides is 1. The molecule has 21 heavy (non-hydrogen) atoms. The number of aromatic nitrogens is 1. The van der Waals surface area contributed by atoms with Gasteiger partial charge >= 0.3 is 5.69 Å². The third-order valence-corrected chi connectivity index (χ3v) is 3.51. The van der Waals surface area contributed by atoms with Gasteiger partial charge in [0.15, 0.2) is 4.90 Å². The fourth-order valence-electron chi connectivity index (χ4n) is 1.57. The summed E-state index contributed by atoms with van der Waals surface area (Å²) >= 11 is 5.73. The highest BCUT2D eigenvalue weighted by atomic mass is 35.5. The molecule has 0 amide bonds. The number of para-hydroxylation sites is 1. The summed E-state index contributed by atoms with van der Waals surface area (Å²) in [7, 11) is -4.26. The van der Waals surface area contributed by atoms with Gasteiger partial charge in [0.1, 0.15) is 5.75 Å². The molecule has 0 saturated carbocycles. The van der Waals surface area contributed by atoms with Crippen LogP contribution >= 0.6 is 11.6 Å². The largest absolute Gasteiger partial charge is 0.448 e. The van der Waals surface area contributed by atoms with Crippen molar-refractivity contribution in [2.75, 3.05) is 0 Å². The van der Waals surface area contributed by atoms with E-state index in [9.17, 15) is 18.5 Å². The van der Waals surface area contributed by atoms with Gasteiger partial charge in [0, 0.05) is 12.3 Å². The predicted molar refractivity (Wildman–Crippen MR) is 73.8 cm³/mol. The molecule has 1 heterocycles. The quantitative estimate of drug-likeness (QED) is 0.676. The first kappa shape index (κ1) is 15.2. The SMILES string of the molecule is NS(=O)(=O)c1cccc(Oc2cncc(Cl)c2)c1[N+](=O)[O-]. The molecule has 0 saturated heterocycles. The van der Waals surface area contributed by atoms with E-state index in [4.69, 9.17) is 21.5 Å². The van der Waals surface area contributed by atoms with Gasteiger partial charge in [-0.3, -0.25) is 15.1 Å². The molecule has 110 valence electrons. The van der Waals surface area contributed by atoms with E-state index in [1.165, 1.54) is 30.6 Å². The van der Waals surface area contributed by atoms with Crippen LogP contribution in [0.2, 0.25) is 5.02 Å². The predicted octanol–water partition coefficient (Wildman–Crippen LogP) is 2.08. The Hall–Kier alpha value is -2.23. The molecule has 1 aromatic carbocycles. The lowest BCUT2D eigenvalue weighted by atomic mass is 10.3. The van der Waals surface area contributed by atoms with Crippen LogP contribution in [0.5, 0.6) is 11.5 Å². The highest BCUT2D eigenvalue weighted by Crippen LogP contribution is 2.36. The Kier molecular flexibility index (Phi) is 4.07. The molecule has 0 radical (unpaired) electrons. The number of nitro benzene ring substituents is 1. The zero-order valence-electron chi connectivity index (χ0n) is 10.3. The van der Waals surface area contributed by atoms with E-state index >= 15 is 0 Å². The van der Waals surface area contributed by atoms with E-state index in [-0.39, 0.29) is 16.5 Å². The van der Waals surface area contributed by atoms with Crippen LogP contribution in [0.1, 0.15) is 0 Å². The number of hydrogen-bond donors (Lipinski definition) is 1. The van der Waals surface area contributed by atoms with Gasteiger partial charge in [0.25, 0.3) is 0 Å². The van der Waals surface area contributed by atoms with Gasteiger partial charge in [-0.1, -0.05) is 17.7 Å². The van der Waals surface area contributed by atoms with E-state index in [1.807, 2.05) is 0 Å². The zero-order valence-corrected chi connectivity index (χ0v) is 11.8. The molecule has 2 N–H and O–H groups in total. The number of hydrogen-bond acceptors (Lipinski definition) is 6. The van der Waals surface area contributed by atoms with Gasteiger partial charge in [-0.2, -0.15) is 0 Å². The smallest absolute Gasteiger partial charge is 0.331 e. The lowest BCUT2D eigenvalue weighted by molar-refractivity contribution is -0.388. The van der Waals surface area contributed by atoms with Crippen molar-refractivity contribution >= 4 is 27.3 Å². The van der Waals surface area contributed by atoms with Gasteiger partial charge in [0.05, 0.1) is 16.1 Å². The van der Waals surface area contributed by atoms with Gasteiger partial charge in [-0.15, -0.1) is 0 Å². The maximum absolute atomic E-state index is 11.4. The summed E-state index contributed by atoms with van der Waals surface area (Å²) in [6.45, 7) is 0. The summed E-state index contributed by atoms with van der Waals surface area (Å²) in [5.74, 6) is -0.159. The maximum atomic E-state index is 11.4.